The molecule has 22 heavy (non-hydrogen) atoms. The molecule has 2 aromatic carbocycles. The predicted molar refractivity (Wildman–Crippen MR) is 83.9 cm³/mol. The van der Waals surface area contributed by atoms with Gasteiger partial charge in [-0.1, -0.05) is 42.5 Å². The van der Waals surface area contributed by atoms with Crippen LogP contribution in [0.15, 0.2) is 48.7 Å². The second-order valence-electron chi connectivity index (χ2n) is 4.95. The van der Waals surface area contributed by atoms with Gasteiger partial charge >= 0.3 is 0 Å². The van der Waals surface area contributed by atoms with Crippen molar-refractivity contribution in [1.29, 1.82) is 5.26 Å². The highest BCUT2D eigenvalue weighted by atomic mass is 16.1. The SMILES string of the molecule is N#CCCn1cc(C(N)=O)c(-c2cccc3ccccc23)n1. The van der Waals surface area contributed by atoms with Crippen LogP contribution < -0.4 is 5.73 Å². The number of carbonyl (C=O) groups is 1. The van der Waals surface area contributed by atoms with E-state index in [0.717, 1.165) is 16.3 Å². The van der Waals surface area contributed by atoms with Crippen LogP contribution in [0.3, 0.4) is 0 Å². The summed E-state index contributed by atoms with van der Waals surface area (Å²) in [5.74, 6) is -0.522. The van der Waals surface area contributed by atoms with E-state index in [-0.39, 0.29) is 0 Å². The molecule has 3 rings (SSSR count). The number of hydrogen-bond donors (Lipinski definition) is 1. The number of carbonyl (C=O) groups excluding carboxylic acids is 1. The van der Waals surface area contributed by atoms with Crippen LogP contribution in [-0.2, 0) is 6.54 Å². The quantitative estimate of drug-likeness (QED) is 0.801. The van der Waals surface area contributed by atoms with E-state index in [4.69, 9.17) is 11.0 Å². The molecule has 0 saturated carbocycles. The summed E-state index contributed by atoms with van der Waals surface area (Å²) in [5, 5.41) is 15.2. The van der Waals surface area contributed by atoms with Gasteiger partial charge in [-0.25, -0.2) is 0 Å². The molecule has 0 atom stereocenters. The Morgan fingerprint density at radius 3 is 2.77 bits per heavy atom. The van der Waals surface area contributed by atoms with Gasteiger partial charge in [0.25, 0.3) is 5.91 Å². The smallest absolute Gasteiger partial charge is 0.252 e. The molecule has 0 fully saturated rings. The molecule has 1 amide bonds. The van der Waals surface area contributed by atoms with Gasteiger partial charge in [0.15, 0.2) is 0 Å². The van der Waals surface area contributed by atoms with Crippen molar-refractivity contribution in [2.24, 2.45) is 5.73 Å². The molecule has 5 nitrogen and oxygen atoms in total. The van der Waals surface area contributed by atoms with E-state index in [1.807, 2.05) is 42.5 Å². The number of primary amides is 1. The fourth-order valence-electron chi connectivity index (χ4n) is 2.51. The Kier molecular flexibility index (Phi) is 3.58. The highest BCUT2D eigenvalue weighted by molar-refractivity contribution is 6.04. The van der Waals surface area contributed by atoms with Crippen LogP contribution in [-0.4, -0.2) is 15.7 Å². The summed E-state index contributed by atoms with van der Waals surface area (Å²) in [5.41, 5.74) is 7.27. The largest absolute Gasteiger partial charge is 0.365 e. The number of aryl methyl sites for hydroxylation is 1. The summed E-state index contributed by atoms with van der Waals surface area (Å²) in [6.07, 6.45) is 1.94. The molecule has 0 aliphatic heterocycles. The molecule has 0 aliphatic carbocycles. The van der Waals surface area contributed by atoms with Gasteiger partial charge in [-0.3, -0.25) is 9.48 Å². The van der Waals surface area contributed by atoms with Crippen molar-refractivity contribution in [3.63, 3.8) is 0 Å². The van der Waals surface area contributed by atoms with Crippen LogP contribution in [0, 0.1) is 11.3 Å². The summed E-state index contributed by atoms with van der Waals surface area (Å²) >= 11 is 0. The lowest BCUT2D eigenvalue weighted by molar-refractivity contribution is 0.100. The molecule has 5 heteroatoms. The van der Waals surface area contributed by atoms with E-state index >= 15 is 0 Å². The van der Waals surface area contributed by atoms with E-state index in [9.17, 15) is 4.79 Å². The Morgan fingerprint density at radius 2 is 2.00 bits per heavy atom. The molecular weight excluding hydrogens is 276 g/mol. The fourth-order valence-corrected chi connectivity index (χ4v) is 2.51. The van der Waals surface area contributed by atoms with E-state index in [1.54, 1.807) is 10.9 Å². The summed E-state index contributed by atoms with van der Waals surface area (Å²) in [7, 11) is 0. The number of nitrogens with two attached hydrogens (primary N) is 1. The number of rotatable bonds is 4. The third kappa shape index (κ3) is 2.42. The maximum Gasteiger partial charge on any atom is 0.252 e. The van der Waals surface area contributed by atoms with Crippen molar-refractivity contribution < 1.29 is 4.79 Å². The van der Waals surface area contributed by atoms with Gasteiger partial charge in [-0.05, 0) is 10.8 Å². The van der Waals surface area contributed by atoms with Crippen molar-refractivity contribution in [2.45, 2.75) is 13.0 Å². The highest BCUT2D eigenvalue weighted by Gasteiger charge is 2.17. The summed E-state index contributed by atoms with van der Waals surface area (Å²) in [6, 6.07) is 15.8. The van der Waals surface area contributed by atoms with Crippen molar-refractivity contribution in [3.8, 4) is 17.3 Å². The first-order chi connectivity index (χ1) is 10.7. The normalized spacial score (nSPS) is 10.5. The van der Waals surface area contributed by atoms with Gasteiger partial charge < -0.3 is 5.73 Å². The van der Waals surface area contributed by atoms with E-state index < -0.39 is 5.91 Å². The van der Waals surface area contributed by atoms with E-state index in [1.165, 1.54) is 0 Å². The molecule has 0 bridgehead atoms. The minimum atomic E-state index is -0.522. The highest BCUT2D eigenvalue weighted by Crippen LogP contribution is 2.29. The zero-order chi connectivity index (χ0) is 15.5. The van der Waals surface area contributed by atoms with Gasteiger partial charge in [0, 0.05) is 11.8 Å². The summed E-state index contributed by atoms with van der Waals surface area (Å²) in [4.78, 5) is 11.7. The van der Waals surface area contributed by atoms with Crippen molar-refractivity contribution in [2.75, 3.05) is 0 Å². The Bertz CT molecular complexity index is 884. The molecule has 3 aromatic rings. The lowest BCUT2D eigenvalue weighted by Gasteiger charge is -2.05. The van der Waals surface area contributed by atoms with Gasteiger partial charge in [0.1, 0.15) is 5.69 Å². The minimum Gasteiger partial charge on any atom is -0.365 e. The molecular formula is C17H14N4O. The number of amides is 1. The number of aromatic nitrogens is 2. The number of benzene rings is 2. The van der Waals surface area contributed by atoms with Crippen LogP contribution in [0.1, 0.15) is 16.8 Å². The number of hydrogen-bond acceptors (Lipinski definition) is 3. The predicted octanol–water partition coefficient (Wildman–Crippen LogP) is 2.72. The molecule has 1 heterocycles. The molecule has 108 valence electrons. The molecule has 0 spiro atoms. The first-order valence-electron chi connectivity index (χ1n) is 6.93. The Labute approximate surface area is 127 Å². The van der Waals surface area contributed by atoms with Crippen LogP contribution in [0.2, 0.25) is 0 Å². The zero-order valence-corrected chi connectivity index (χ0v) is 11.9. The topological polar surface area (TPSA) is 84.7 Å². The molecule has 0 unspecified atom stereocenters. The van der Waals surface area contributed by atoms with Gasteiger partial charge in [0.05, 0.1) is 24.6 Å². The van der Waals surface area contributed by atoms with Crippen LogP contribution in [0.25, 0.3) is 22.0 Å². The average molecular weight is 290 g/mol. The lowest BCUT2D eigenvalue weighted by atomic mass is 10.00. The lowest BCUT2D eigenvalue weighted by Crippen LogP contribution is -2.11. The van der Waals surface area contributed by atoms with Crippen LogP contribution in [0.4, 0.5) is 0 Å². The molecule has 1 aromatic heterocycles. The minimum absolute atomic E-state index is 0.328. The first-order valence-corrected chi connectivity index (χ1v) is 6.93. The standard InChI is InChI=1S/C17H14N4O/c18-9-4-10-21-11-15(17(19)22)16(20-21)14-8-3-6-12-5-1-2-7-13(12)14/h1-3,5-8,11H,4,10H2,(H2,19,22). The zero-order valence-electron chi connectivity index (χ0n) is 11.9. The Morgan fingerprint density at radius 1 is 1.23 bits per heavy atom. The summed E-state index contributed by atoms with van der Waals surface area (Å²) in [6.45, 7) is 0.432. The van der Waals surface area contributed by atoms with E-state index in [0.29, 0.717) is 24.2 Å². The first kappa shape index (κ1) is 13.8. The monoisotopic (exact) mass is 290 g/mol. The number of fused-ring (bicyclic) bond motifs is 1. The molecule has 2 N–H and O–H groups in total. The van der Waals surface area contributed by atoms with Gasteiger partial charge in [-0.2, -0.15) is 10.4 Å². The van der Waals surface area contributed by atoms with Crippen LogP contribution in [0.5, 0.6) is 0 Å². The molecule has 0 saturated heterocycles. The summed E-state index contributed by atoms with van der Waals surface area (Å²) < 4.78 is 1.60. The molecule has 0 radical (unpaired) electrons. The number of nitriles is 1. The third-order valence-corrected chi connectivity index (χ3v) is 3.52. The van der Waals surface area contributed by atoms with Crippen molar-refractivity contribution in [3.05, 3.63) is 54.2 Å². The molecule has 0 aliphatic rings. The third-order valence-electron chi connectivity index (χ3n) is 3.52. The average Bonchev–Trinajstić information content (AvgIpc) is 2.96. The van der Waals surface area contributed by atoms with Crippen molar-refractivity contribution >= 4 is 16.7 Å². The van der Waals surface area contributed by atoms with Gasteiger partial charge in [-0.15, -0.1) is 0 Å². The Balaban J connectivity index is 2.19. The van der Waals surface area contributed by atoms with E-state index in [2.05, 4.69) is 11.2 Å². The van der Waals surface area contributed by atoms with Gasteiger partial charge in [0.2, 0.25) is 0 Å². The maximum atomic E-state index is 11.7. The van der Waals surface area contributed by atoms with Crippen LogP contribution >= 0.6 is 0 Å². The Hall–Kier alpha value is -3.13. The maximum absolute atomic E-state index is 11.7. The fraction of sp³-hybridized carbons (Fsp3) is 0.118. The van der Waals surface area contributed by atoms with Crippen molar-refractivity contribution in [1.82, 2.24) is 9.78 Å². The number of nitrogens with zero attached hydrogens (tertiary/aromatic N) is 3. The second-order valence-corrected chi connectivity index (χ2v) is 4.95. The second kappa shape index (κ2) is 5.70.